The van der Waals surface area contributed by atoms with Gasteiger partial charge in [-0.2, -0.15) is 4.68 Å². The van der Waals surface area contributed by atoms with Gasteiger partial charge < -0.3 is 5.32 Å². The molecule has 1 N–H and O–H groups in total. The van der Waals surface area contributed by atoms with Crippen LogP contribution in [-0.4, -0.2) is 37.9 Å². The molecule has 6 nitrogen and oxygen atoms in total. The van der Waals surface area contributed by atoms with E-state index in [1.165, 1.54) is 24.6 Å². The molecule has 0 aliphatic carbocycles. The Kier molecular flexibility index (Phi) is 7.24. The van der Waals surface area contributed by atoms with Gasteiger partial charge in [-0.25, -0.2) is 0 Å². The first-order valence-electron chi connectivity index (χ1n) is 8.38. The van der Waals surface area contributed by atoms with Crippen LogP contribution in [0.25, 0.3) is 5.69 Å². The molecule has 1 aromatic heterocycles. The van der Waals surface area contributed by atoms with Gasteiger partial charge in [-0.3, -0.25) is 4.79 Å². The normalized spacial score (nSPS) is 12.1. The molecule has 0 saturated heterocycles. The van der Waals surface area contributed by atoms with E-state index in [2.05, 4.69) is 34.7 Å². The van der Waals surface area contributed by atoms with Crippen molar-refractivity contribution >= 4 is 17.7 Å². The SMILES string of the molecule is CCCCC[C@@H](C)NC(=O)CSc1nnnn1-c1ccccc1C. The van der Waals surface area contributed by atoms with Crippen molar-refractivity contribution in [1.82, 2.24) is 25.5 Å². The van der Waals surface area contributed by atoms with Crippen LogP contribution in [0.5, 0.6) is 0 Å². The fourth-order valence-electron chi connectivity index (χ4n) is 2.44. The van der Waals surface area contributed by atoms with E-state index in [9.17, 15) is 4.79 Å². The van der Waals surface area contributed by atoms with Crippen LogP contribution in [0.1, 0.15) is 45.1 Å². The molecule has 2 aromatic rings. The summed E-state index contributed by atoms with van der Waals surface area (Å²) in [6.07, 6.45) is 4.57. The highest BCUT2D eigenvalue weighted by molar-refractivity contribution is 7.99. The van der Waals surface area contributed by atoms with E-state index < -0.39 is 0 Å². The largest absolute Gasteiger partial charge is 0.353 e. The lowest BCUT2D eigenvalue weighted by atomic mass is 10.1. The molecule has 0 aliphatic rings. The number of aromatic nitrogens is 4. The summed E-state index contributed by atoms with van der Waals surface area (Å²) in [5, 5.41) is 15.5. The molecular formula is C17H25N5OS. The molecule has 0 bridgehead atoms. The summed E-state index contributed by atoms with van der Waals surface area (Å²) in [6, 6.07) is 8.10. The third-order valence-corrected chi connectivity index (χ3v) is 4.68. The monoisotopic (exact) mass is 347 g/mol. The average Bonchev–Trinajstić information content (AvgIpc) is 3.02. The lowest BCUT2D eigenvalue weighted by molar-refractivity contribution is -0.119. The van der Waals surface area contributed by atoms with E-state index in [-0.39, 0.29) is 11.9 Å². The highest BCUT2D eigenvalue weighted by Gasteiger charge is 2.13. The topological polar surface area (TPSA) is 72.7 Å². The molecule has 0 aliphatic heterocycles. The Balaban J connectivity index is 1.88. The molecule has 24 heavy (non-hydrogen) atoms. The van der Waals surface area contributed by atoms with E-state index in [1.807, 2.05) is 31.2 Å². The first-order valence-corrected chi connectivity index (χ1v) is 9.37. The van der Waals surface area contributed by atoms with Gasteiger partial charge in [0.05, 0.1) is 11.4 Å². The molecule has 1 amide bonds. The van der Waals surface area contributed by atoms with Crippen LogP contribution in [0.15, 0.2) is 29.4 Å². The smallest absolute Gasteiger partial charge is 0.230 e. The zero-order valence-electron chi connectivity index (χ0n) is 14.5. The molecule has 0 saturated carbocycles. The van der Waals surface area contributed by atoms with Gasteiger partial charge in [-0.1, -0.05) is 56.1 Å². The lowest BCUT2D eigenvalue weighted by Crippen LogP contribution is -2.33. The first-order chi connectivity index (χ1) is 11.6. The summed E-state index contributed by atoms with van der Waals surface area (Å²) in [6.45, 7) is 6.24. The second-order valence-corrected chi connectivity index (χ2v) is 6.86. The Bertz CT molecular complexity index is 658. The van der Waals surface area contributed by atoms with Gasteiger partial charge in [0.1, 0.15) is 0 Å². The van der Waals surface area contributed by atoms with Crippen molar-refractivity contribution in [3.63, 3.8) is 0 Å². The number of benzene rings is 1. The van der Waals surface area contributed by atoms with Crippen LogP contribution in [0.2, 0.25) is 0 Å². The van der Waals surface area contributed by atoms with Crippen molar-refractivity contribution in [3.8, 4) is 5.69 Å². The molecule has 130 valence electrons. The van der Waals surface area contributed by atoms with Crippen LogP contribution in [0.3, 0.4) is 0 Å². The number of nitrogens with one attached hydrogen (secondary N) is 1. The summed E-state index contributed by atoms with van der Waals surface area (Å²) in [4.78, 5) is 12.1. The van der Waals surface area contributed by atoms with Crippen LogP contribution >= 0.6 is 11.8 Å². The number of nitrogens with zero attached hydrogens (tertiary/aromatic N) is 4. The van der Waals surface area contributed by atoms with Crippen LogP contribution in [0, 0.1) is 6.92 Å². The molecular weight excluding hydrogens is 322 g/mol. The number of tetrazole rings is 1. The van der Waals surface area contributed by atoms with Crippen LogP contribution in [-0.2, 0) is 4.79 Å². The van der Waals surface area contributed by atoms with Gasteiger partial charge in [-0.15, -0.1) is 5.10 Å². The van der Waals surface area contributed by atoms with Crippen LogP contribution < -0.4 is 5.32 Å². The third-order valence-electron chi connectivity index (χ3n) is 3.76. The zero-order chi connectivity index (χ0) is 17.4. The predicted molar refractivity (Wildman–Crippen MR) is 96.4 cm³/mol. The first kappa shape index (κ1) is 18.4. The van der Waals surface area contributed by atoms with Crippen molar-refractivity contribution in [2.24, 2.45) is 0 Å². The number of thioether (sulfide) groups is 1. The molecule has 1 heterocycles. The van der Waals surface area contributed by atoms with Crippen LogP contribution in [0.4, 0.5) is 0 Å². The second kappa shape index (κ2) is 9.42. The molecule has 7 heteroatoms. The average molecular weight is 347 g/mol. The number of carbonyl (C=O) groups excluding carboxylic acids is 1. The Morgan fingerprint density at radius 3 is 2.88 bits per heavy atom. The number of rotatable bonds is 9. The number of carbonyl (C=O) groups is 1. The van der Waals surface area contributed by atoms with Crippen molar-refractivity contribution in [3.05, 3.63) is 29.8 Å². The van der Waals surface area contributed by atoms with Gasteiger partial charge in [0.25, 0.3) is 0 Å². The maximum absolute atomic E-state index is 12.1. The van der Waals surface area contributed by atoms with Gasteiger partial charge in [0, 0.05) is 6.04 Å². The van der Waals surface area contributed by atoms with Gasteiger partial charge in [0.15, 0.2) is 0 Å². The van der Waals surface area contributed by atoms with E-state index >= 15 is 0 Å². The molecule has 0 spiro atoms. The fraction of sp³-hybridized carbons (Fsp3) is 0.529. The third kappa shape index (κ3) is 5.33. The van der Waals surface area contributed by atoms with Crippen molar-refractivity contribution < 1.29 is 4.79 Å². The van der Waals surface area contributed by atoms with Crippen molar-refractivity contribution in [1.29, 1.82) is 0 Å². The Labute approximate surface area is 147 Å². The van der Waals surface area contributed by atoms with E-state index in [1.54, 1.807) is 4.68 Å². The van der Waals surface area contributed by atoms with Gasteiger partial charge >= 0.3 is 0 Å². The minimum absolute atomic E-state index is 0.0170. The van der Waals surface area contributed by atoms with Crippen molar-refractivity contribution in [2.75, 3.05) is 5.75 Å². The van der Waals surface area contributed by atoms with E-state index in [0.29, 0.717) is 10.9 Å². The highest BCUT2D eigenvalue weighted by atomic mass is 32.2. The molecule has 0 fully saturated rings. The Morgan fingerprint density at radius 1 is 1.33 bits per heavy atom. The van der Waals surface area contributed by atoms with Crippen molar-refractivity contribution in [2.45, 2.75) is 57.7 Å². The number of unbranched alkanes of at least 4 members (excludes halogenated alkanes) is 2. The summed E-state index contributed by atoms with van der Waals surface area (Å²) in [5.74, 6) is 0.327. The second-order valence-electron chi connectivity index (χ2n) is 5.91. The molecule has 2 rings (SSSR count). The molecule has 1 aromatic carbocycles. The Morgan fingerprint density at radius 2 is 2.12 bits per heavy atom. The van der Waals surface area contributed by atoms with Gasteiger partial charge in [0.2, 0.25) is 11.1 Å². The maximum atomic E-state index is 12.1. The Hall–Kier alpha value is -1.89. The minimum Gasteiger partial charge on any atom is -0.353 e. The summed E-state index contributed by atoms with van der Waals surface area (Å²) in [7, 11) is 0. The summed E-state index contributed by atoms with van der Waals surface area (Å²) >= 11 is 1.35. The lowest BCUT2D eigenvalue weighted by Gasteiger charge is -2.13. The zero-order valence-corrected chi connectivity index (χ0v) is 15.3. The molecule has 1 atom stereocenters. The van der Waals surface area contributed by atoms with Gasteiger partial charge in [-0.05, 0) is 42.3 Å². The predicted octanol–water partition coefficient (Wildman–Crippen LogP) is 3.15. The van der Waals surface area contributed by atoms with E-state index in [0.717, 1.165) is 24.1 Å². The number of aryl methyl sites for hydroxylation is 1. The number of para-hydroxylation sites is 1. The maximum Gasteiger partial charge on any atom is 0.230 e. The minimum atomic E-state index is 0.0170. The summed E-state index contributed by atoms with van der Waals surface area (Å²) in [5.41, 5.74) is 2.01. The van der Waals surface area contributed by atoms with E-state index in [4.69, 9.17) is 0 Å². The standard InChI is InChI=1S/C17H25N5OS/c1-4-5-6-10-14(3)18-16(23)12-24-17-19-20-21-22(17)15-11-8-7-9-13(15)2/h7-9,11,14H,4-6,10,12H2,1-3H3,(H,18,23)/t14-/m1/s1. The molecule has 0 radical (unpaired) electrons. The fourth-order valence-corrected chi connectivity index (χ4v) is 3.14. The summed E-state index contributed by atoms with van der Waals surface area (Å²) < 4.78 is 1.68. The number of amides is 1. The number of hydrogen-bond donors (Lipinski definition) is 1. The quantitative estimate of drug-likeness (QED) is 0.557. The highest BCUT2D eigenvalue weighted by Crippen LogP contribution is 2.20. The molecule has 0 unspecified atom stereocenters. The number of hydrogen-bond acceptors (Lipinski definition) is 5.